The summed E-state index contributed by atoms with van der Waals surface area (Å²) in [6.45, 7) is -0.217. The highest BCUT2D eigenvalue weighted by molar-refractivity contribution is 7.89. The molecule has 2 aromatic rings. The number of carbonyl (C=O) groups is 2. The number of carboxylic acid groups (broad SMARTS) is 1. The van der Waals surface area contributed by atoms with Gasteiger partial charge in [-0.05, 0) is 48.6 Å². The lowest BCUT2D eigenvalue weighted by molar-refractivity contribution is -0.136. The molecular formula is C20H21NO7S. The fourth-order valence-electron chi connectivity index (χ4n) is 2.39. The number of hydrogen-bond donors (Lipinski definition) is 2. The van der Waals surface area contributed by atoms with Gasteiger partial charge in [0, 0.05) is 23.7 Å². The standard InChI is InChI=1S/C20H21NO7S/c1-27-16-7-3-15(19(13-16)28-2)6-10-18(22)14-4-8-17(9-5-14)29(25,26)21-12-11-20(23)24/h3-10,13,21H,11-12H2,1-2H3,(H,23,24)/b10-6-. The summed E-state index contributed by atoms with van der Waals surface area (Å²) in [7, 11) is -0.788. The highest BCUT2D eigenvalue weighted by atomic mass is 32.2. The lowest BCUT2D eigenvalue weighted by Gasteiger charge is -2.07. The van der Waals surface area contributed by atoms with Gasteiger partial charge in [0.2, 0.25) is 10.0 Å². The topological polar surface area (TPSA) is 119 Å². The van der Waals surface area contributed by atoms with Crippen molar-refractivity contribution in [3.05, 3.63) is 59.7 Å². The Morgan fingerprint density at radius 3 is 2.34 bits per heavy atom. The van der Waals surface area contributed by atoms with Gasteiger partial charge in [0.1, 0.15) is 11.5 Å². The first-order valence-electron chi connectivity index (χ1n) is 8.53. The van der Waals surface area contributed by atoms with Crippen molar-refractivity contribution in [2.45, 2.75) is 11.3 Å². The molecule has 8 nitrogen and oxygen atoms in total. The van der Waals surface area contributed by atoms with E-state index in [4.69, 9.17) is 14.6 Å². The number of nitrogens with one attached hydrogen (secondary N) is 1. The molecule has 0 fully saturated rings. The van der Waals surface area contributed by atoms with Gasteiger partial charge < -0.3 is 14.6 Å². The number of sulfonamides is 1. The maximum Gasteiger partial charge on any atom is 0.304 e. The van der Waals surface area contributed by atoms with Crippen molar-refractivity contribution in [1.82, 2.24) is 4.72 Å². The van der Waals surface area contributed by atoms with Crippen molar-refractivity contribution in [2.24, 2.45) is 0 Å². The molecule has 0 aliphatic carbocycles. The number of ether oxygens (including phenoxy) is 2. The van der Waals surface area contributed by atoms with Crippen LogP contribution in [-0.4, -0.2) is 46.0 Å². The lowest BCUT2D eigenvalue weighted by atomic mass is 10.1. The molecule has 2 rings (SSSR count). The van der Waals surface area contributed by atoms with Gasteiger partial charge in [-0.2, -0.15) is 0 Å². The monoisotopic (exact) mass is 419 g/mol. The van der Waals surface area contributed by atoms with E-state index in [0.717, 1.165) is 0 Å². The molecule has 2 aromatic carbocycles. The highest BCUT2D eigenvalue weighted by Gasteiger charge is 2.14. The van der Waals surface area contributed by atoms with Crippen LogP contribution in [0.3, 0.4) is 0 Å². The number of carboxylic acids is 1. The van der Waals surface area contributed by atoms with Gasteiger partial charge in [0.25, 0.3) is 0 Å². The predicted molar refractivity (Wildman–Crippen MR) is 107 cm³/mol. The van der Waals surface area contributed by atoms with Crippen LogP contribution in [0.25, 0.3) is 6.08 Å². The van der Waals surface area contributed by atoms with Crippen LogP contribution in [0.5, 0.6) is 11.5 Å². The molecule has 0 aliphatic rings. The summed E-state index contributed by atoms with van der Waals surface area (Å²) in [6, 6.07) is 10.6. The average Bonchev–Trinajstić information content (AvgIpc) is 2.71. The largest absolute Gasteiger partial charge is 0.497 e. The van der Waals surface area contributed by atoms with Crippen LogP contribution in [0.15, 0.2) is 53.4 Å². The van der Waals surface area contributed by atoms with Crippen LogP contribution in [0.1, 0.15) is 22.3 Å². The average molecular weight is 419 g/mol. The first kappa shape index (κ1) is 22.1. The molecule has 0 atom stereocenters. The number of carbonyl (C=O) groups excluding carboxylic acids is 1. The number of rotatable bonds is 10. The van der Waals surface area contributed by atoms with E-state index in [-0.39, 0.29) is 23.6 Å². The smallest absolute Gasteiger partial charge is 0.304 e. The van der Waals surface area contributed by atoms with E-state index in [1.165, 1.54) is 37.5 Å². The Morgan fingerprint density at radius 2 is 1.76 bits per heavy atom. The minimum absolute atomic E-state index is 0.0553. The summed E-state index contributed by atoms with van der Waals surface area (Å²) >= 11 is 0. The molecule has 0 saturated heterocycles. The van der Waals surface area contributed by atoms with Gasteiger partial charge in [0.15, 0.2) is 5.78 Å². The van der Waals surface area contributed by atoms with Gasteiger partial charge >= 0.3 is 5.97 Å². The van der Waals surface area contributed by atoms with E-state index >= 15 is 0 Å². The first-order chi connectivity index (χ1) is 13.8. The maximum atomic E-state index is 12.4. The molecule has 0 amide bonds. The van der Waals surface area contributed by atoms with Crippen LogP contribution < -0.4 is 14.2 Å². The highest BCUT2D eigenvalue weighted by Crippen LogP contribution is 2.25. The Bertz CT molecular complexity index is 1010. The van der Waals surface area contributed by atoms with Crippen LogP contribution in [-0.2, 0) is 14.8 Å². The van der Waals surface area contributed by atoms with Gasteiger partial charge in [-0.25, -0.2) is 13.1 Å². The SMILES string of the molecule is COc1ccc(/C=C\C(=O)c2ccc(S(=O)(=O)NCCC(=O)O)cc2)c(OC)c1. The quantitative estimate of drug-likeness (QED) is 0.448. The van der Waals surface area contributed by atoms with E-state index in [1.54, 1.807) is 31.4 Å². The van der Waals surface area contributed by atoms with Crippen molar-refractivity contribution in [3.63, 3.8) is 0 Å². The Kier molecular flexibility index (Phi) is 7.52. The lowest BCUT2D eigenvalue weighted by Crippen LogP contribution is -2.26. The molecular weight excluding hydrogens is 398 g/mol. The van der Waals surface area contributed by atoms with Crippen LogP contribution >= 0.6 is 0 Å². The van der Waals surface area contributed by atoms with Crippen molar-refractivity contribution in [1.29, 1.82) is 0 Å². The van der Waals surface area contributed by atoms with E-state index in [0.29, 0.717) is 22.6 Å². The molecule has 0 saturated carbocycles. The number of ketones is 1. The normalized spacial score (nSPS) is 11.4. The fraction of sp³-hybridized carbons (Fsp3) is 0.200. The second-order valence-electron chi connectivity index (χ2n) is 5.87. The minimum atomic E-state index is -3.84. The number of hydrogen-bond acceptors (Lipinski definition) is 6. The molecule has 0 unspecified atom stereocenters. The van der Waals surface area contributed by atoms with E-state index in [2.05, 4.69) is 4.72 Å². The van der Waals surface area contributed by atoms with Crippen molar-refractivity contribution < 1.29 is 32.6 Å². The molecule has 0 spiro atoms. The molecule has 29 heavy (non-hydrogen) atoms. The second kappa shape index (κ2) is 9.85. The Labute approximate surface area is 168 Å². The van der Waals surface area contributed by atoms with Crippen LogP contribution in [0.2, 0.25) is 0 Å². The summed E-state index contributed by atoms with van der Waals surface area (Å²) in [5.41, 5.74) is 0.988. The van der Waals surface area contributed by atoms with Crippen molar-refractivity contribution >= 4 is 27.9 Å². The Hall–Kier alpha value is -3.17. The summed E-state index contributed by atoms with van der Waals surface area (Å²) in [5, 5.41) is 8.58. The van der Waals surface area contributed by atoms with Crippen molar-refractivity contribution in [3.8, 4) is 11.5 Å². The first-order valence-corrected chi connectivity index (χ1v) is 10.0. The zero-order valence-electron chi connectivity index (χ0n) is 15.9. The molecule has 2 N–H and O–H groups in total. The predicted octanol–water partition coefficient (Wildman–Crippen LogP) is 2.35. The third-order valence-electron chi connectivity index (χ3n) is 3.93. The van der Waals surface area contributed by atoms with Crippen LogP contribution in [0, 0.1) is 0 Å². The molecule has 0 bridgehead atoms. The van der Waals surface area contributed by atoms with E-state index in [9.17, 15) is 18.0 Å². The third-order valence-corrected chi connectivity index (χ3v) is 5.41. The zero-order chi connectivity index (χ0) is 21.4. The second-order valence-corrected chi connectivity index (χ2v) is 7.64. The summed E-state index contributed by atoms with van der Waals surface area (Å²) < 4.78 is 36.8. The number of benzene rings is 2. The Morgan fingerprint density at radius 1 is 1.07 bits per heavy atom. The number of allylic oxidation sites excluding steroid dienone is 1. The van der Waals surface area contributed by atoms with Crippen molar-refractivity contribution in [2.75, 3.05) is 20.8 Å². The zero-order valence-corrected chi connectivity index (χ0v) is 16.7. The summed E-state index contributed by atoms with van der Waals surface area (Å²) in [6.07, 6.45) is 2.63. The molecule has 0 aliphatic heterocycles. The fourth-order valence-corrected chi connectivity index (χ4v) is 3.42. The molecule has 9 heteroatoms. The van der Waals surface area contributed by atoms with Gasteiger partial charge in [-0.1, -0.05) is 0 Å². The minimum Gasteiger partial charge on any atom is -0.497 e. The molecule has 0 aromatic heterocycles. The van der Waals surface area contributed by atoms with E-state index in [1.807, 2.05) is 0 Å². The van der Waals surface area contributed by atoms with Gasteiger partial charge in [-0.15, -0.1) is 0 Å². The number of methoxy groups -OCH3 is 2. The van der Waals surface area contributed by atoms with Crippen LogP contribution in [0.4, 0.5) is 0 Å². The summed E-state index contributed by atoms with van der Waals surface area (Å²) in [5.74, 6) is -0.249. The Balaban J connectivity index is 2.11. The number of aliphatic carboxylic acids is 1. The van der Waals surface area contributed by atoms with Gasteiger partial charge in [-0.3, -0.25) is 9.59 Å². The van der Waals surface area contributed by atoms with E-state index < -0.39 is 16.0 Å². The molecule has 0 radical (unpaired) electrons. The third kappa shape index (κ3) is 6.16. The maximum absolute atomic E-state index is 12.4. The van der Waals surface area contributed by atoms with Gasteiger partial charge in [0.05, 0.1) is 25.5 Å². The molecule has 0 heterocycles. The summed E-state index contributed by atoms with van der Waals surface area (Å²) in [4.78, 5) is 22.8. The molecule has 154 valence electrons.